The molecule has 0 atom stereocenters. The molecule has 0 aliphatic carbocycles. The van der Waals surface area contributed by atoms with Gasteiger partial charge >= 0.3 is 0 Å². The van der Waals surface area contributed by atoms with Crippen molar-refractivity contribution in [1.29, 1.82) is 0 Å². The van der Waals surface area contributed by atoms with Crippen LogP contribution in [0.5, 0.6) is 0 Å². The minimum Gasteiger partial charge on any atom is -0.342 e. The number of rotatable bonds is 1. The molecular formula is C11H10N4. The van der Waals surface area contributed by atoms with Crippen molar-refractivity contribution in [3.8, 4) is 11.3 Å². The van der Waals surface area contributed by atoms with Crippen LogP contribution in [0.4, 0.5) is 0 Å². The van der Waals surface area contributed by atoms with E-state index in [2.05, 4.69) is 25.8 Å². The quantitative estimate of drug-likeness (QED) is 0.649. The van der Waals surface area contributed by atoms with E-state index in [1.165, 1.54) is 5.39 Å². The van der Waals surface area contributed by atoms with E-state index >= 15 is 0 Å². The van der Waals surface area contributed by atoms with Crippen molar-refractivity contribution in [3.63, 3.8) is 0 Å². The van der Waals surface area contributed by atoms with Gasteiger partial charge in [0, 0.05) is 30.4 Å². The van der Waals surface area contributed by atoms with E-state index in [4.69, 9.17) is 0 Å². The predicted octanol–water partition coefficient (Wildman–Crippen LogP) is 1.96. The largest absolute Gasteiger partial charge is 0.342 e. The Balaban J connectivity index is 2.33. The summed E-state index contributed by atoms with van der Waals surface area (Å²) in [5.41, 5.74) is 3.37. The molecule has 0 aliphatic rings. The second kappa shape index (κ2) is 2.95. The van der Waals surface area contributed by atoms with Gasteiger partial charge in [-0.1, -0.05) is 0 Å². The first-order valence-electron chi connectivity index (χ1n) is 4.75. The Kier molecular flexibility index (Phi) is 1.62. The molecule has 0 spiro atoms. The van der Waals surface area contributed by atoms with Crippen molar-refractivity contribution in [2.24, 2.45) is 7.05 Å². The lowest BCUT2D eigenvalue weighted by Gasteiger charge is -1.99. The average Bonchev–Trinajstić information content (AvgIpc) is 2.87. The second-order valence-electron chi connectivity index (χ2n) is 3.51. The van der Waals surface area contributed by atoms with Crippen LogP contribution in [0.3, 0.4) is 0 Å². The normalized spacial score (nSPS) is 11.0. The van der Waals surface area contributed by atoms with Gasteiger partial charge in [-0.05, 0) is 12.1 Å². The van der Waals surface area contributed by atoms with Gasteiger partial charge in [-0.25, -0.2) is 0 Å². The average molecular weight is 198 g/mol. The van der Waals surface area contributed by atoms with E-state index in [-0.39, 0.29) is 0 Å². The lowest BCUT2D eigenvalue weighted by molar-refractivity contribution is 0.974. The molecule has 3 aromatic heterocycles. The maximum atomic E-state index is 4.12. The lowest BCUT2D eigenvalue weighted by Crippen LogP contribution is -1.90. The van der Waals surface area contributed by atoms with Gasteiger partial charge in [0.1, 0.15) is 0 Å². The fourth-order valence-electron chi connectivity index (χ4n) is 1.84. The molecule has 0 unspecified atom stereocenters. The summed E-state index contributed by atoms with van der Waals surface area (Å²) in [6.45, 7) is 0. The summed E-state index contributed by atoms with van der Waals surface area (Å²) < 4.78 is 2.12. The molecule has 0 fully saturated rings. The molecule has 3 aromatic rings. The van der Waals surface area contributed by atoms with Crippen LogP contribution in [0.2, 0.25) is 0 Å². The molecule has 15 heavy (non-hydrogen) atoms. The Morgan fingerprint density at radius 1 is 1.33 bits per heavy atom. The third kappa shape index (κ3) is 1.15. The van der Waals surface area contributed by atoms with E-state index in [9.17, 15) is 0 Å². The zero-order chi connectivity index (χ0) is 10.3. The molecule has 74 valence electrons. The summed E-state index contributed by atoms with van der Waals surface area (Å²) >= 11 is 0. The van der Waals surface area contributed by atoms with Gasteiger partial charge in [-0.2, -0.15) is 5.10 Å². The summed E-state index contributed by atoms with van der Waals surface area (Å²) in [5.74, 6) is 0. The first kappa shape index (κ1) is 8.23. The van der Waals surface area contributed by atoms with Crippen LogP contribution in [0.15, 0.2) is 36.9 Å². The SMILES string of the molecule is Cn1c(-c2cn[nH]c2)cc2ccncc21. The molecule has 0 radical (unpaired) electrons. The van der Waals surface area contributed by atoms with Gasteiger partial charge in [-0.3, -0.25) is 10.1 Å². The molecule has 3 heterocycles. The zero-order valence-corrected chi connectivity index (χ0v) is 8.31. The van der Waals surface area contributed by atoms with Gasteiger partial charge in [0.2, 0.25) is 0 Å². The Morgan fingerprint density at radius 3 is 3.00 bits per heavy atom. The Morgan fingerprint density at radius 2 is 2.27 bits per heavy atom. The van der Waals surface area contributed by atoms with Crippen molar-refractivity contribution in [2.75, 3.05) is 0 Å². The molecule has 0 amide bonds. The number of aromatic amines is 1. The summed E-state index contributed by atoms with van der Waals surface area (Å²) in [6.07, 6.45) is 7.39. The van der Waals surface area contributed by atoms with Gasteiger partial charge in [0.25, 0.3) is 0 Å². The number of nitrogens with one attached hydrogen (secondary N) is 1. The molecule has 0 saturated heterocycles. The minimum atomic E-state index is 1.09. The van der Waals surface area contributed by atoms with Gasteiger partial charge in [-0.15, -0.1) is 0 Å². The highest BCUT2D eigenvalue weighted by atomic mass is 15.1. The van der Waals surface area contributed by atoms with Crippen LogP contribution < -0.4 is 0 Å². The number of aryl methyl sites for hydroxylation is 1. The summed E-state index contributed by atoms with van der Waals surface area (Å²) in [4.78, 5) is 4.12. The Bertz CT molecular complexity index is 592. The van der Waals surface area contributed by atoms with E-state index in [1.54, 1.807) is 0 Å². The third-order valence-corrected chi connectivity index (χ3v) is 2.64. The van der Waals surface area contributed by atoms with E-state index < -0.39 is 0 Å². The highest BCUT2D eigenvalue weighted by Gasteiger charge is 2.07. The monoisotopic (exact) mass is 198 g/mol. The number of nitrogens with zero attached hydrogens (tertiary/aromatic N) is 3. The number of H-pyrrole nitrogens is 1. The number of pyridine rings is 1. The maximum Gasteiger partial charge on any atom is 0.0669 e. The van der Waals surface area contributed by atoms with Crippen molar-refractivity contribution in [3.05, 3.63) is 36.9 Å². The van der Waals surface area contributed by atoms with E-state index in [1.807, 2.05) is 37.9 Å². The Labute approximate surface area is 86.6 Å². The van der Waals surface area contributed by atoms with E-state index in [0.717, 1.165) is 16.8 Å². The van der Waals surface area contributed by atoms with Crippen LogP contribution >= 0.6 is 0 Å². The summed E-state index contributed by atoms with van der Waals surface area (Å²) in [5, 5.41) is 7.97. The number of fused-ring (bicyclic) bond motifs is 1. The molecule has 0 aromatic carbocycles. The lowest BCUT2D eigenvalue weighted by atomic mass is 10.2. The van der Waals surface area contributed by atoms with Gasteiger partial charge < -0.3 is 4.57 Å². The molecule has 3 rings (SSSR count). The highest BCUT2D eigenvalue weighted by molar-refractivity contribution is 5.85. The fraction of sp³-hybridized carbons (Fsp3) is 0.0909. The minimum absolute atomic E-state index is 1.09. The molecule has 4 nitrogen and oxygen atoms in total. The second-order valence-corrected chi connectivity index (χ2v) is 3.51. The summed E-state index contributed by atoms with van der Waals surface area (Å²) in [6, 6.07) is 4.15. The molecule has 0 saturated carbocycles. The summed E-state index contributed by atoms with van der Waals surface area (Å²) in [7, 11) is 2.03. The third-order valence-electron chi connectivity index (χ3n) is 2.64. The van der Waals surface area contributed by atoms with Crippen LogP contribution in [-0.4, -0.2) is 19.7 Å². The fourth-order valence-corrected chi connectivity index (χ4v) is 1.84. The Hall–Kier alpha value is -2.10. The molecule has 1 N–H and O–H groups in total. The van der Waals surface area contributed by atoms with Crippen molar-refractivity contribution in [2.45, 2.75) is 0 Å². The van der Waals surface area contributed by atoms with Crippen molar-refractivity contribution >= 4 is 10.9 Å². The van der Waals surface area contributed by atoms with Crippen LogP contribution in [0.1, 0.15) is 0 Å². The number of hydrogen-bond acceptors (Lipinski definition) is 2. The van der Waals surface area contributed by atoms with Crippen LogP contribution in [0.25, 0.3) is 22.2 Å². The van der Waals surface area contributed by atoms with Gasteiger partial charge in [0.05, 0.1) is 23.6 Å². The highest BCUT2D eigenvalue weighted by Crippen LogP contribution is 2.25. The maximum absolute atomic E-state index is 4.12. The van der Waals surface area contributed by atoms with E-state index in [0.29, 0.717) is 0 Å². The zero-order valence-electron chi connectivity index (χ0n) is 8.31. The first-order chi connectivity index (χ1) is 7.36. The van der Waals surface area contributed by atoms with Crippen molar-refractivity contribution < 1.29 is 0 Å². The van der Waals surface area contributed by atoms with Crippen molar-refractivity contribution in [1.82, 2.24) is 19.7 Å². The first-order valence-corrected chi connectivity index (χ1v) is 4.75. The standard InChI is InChI=1S/C11H10N4/c1-15-10(9-5-13-14-6-9)4-8-2-3-12-7-11(8)15/h2-7H,1H3,(H,13,14). The molecule has 0 aliphatic heterocycles. The van der Waals surface area contributed by atoms with Crippen LogP contribution in [0, 0.1) is 0 Å². The predicted molar refractivity (Wildman–Crippen MR) is 58.3 cm³/mol. The van der Waals surface area contributed by atoms with Gasteiger partial charge in [0.15, 0.2) is 0 Å². The molecular weight excluding hydrogens is 188 g/mol. The molecule has 0 bridgehead atoms. The smallest absolute Gasteiger partial charge is 0.0669 e. The van der Waals surface area contributed by atoms with Crippen LogP contribution in [-0.2, 0) is 7.05 Å². The number of hydrogen-bond donors (Lipinski definition) is 1. The molecule has 4 heteroatoms. The number of aromatic nitrogens is 4. The topological polar surface area (TPSA) is 46.5 Å².